The number of hydrogen-bond acceptors (Lipinski definition) is 4. The van der Waals surface area contributed by atoms with Crippen LogP contribution in [0.2, 0.25) is 0 Å². The molecule has 1 heterocycles. The molecule has 17 heavy (non-hydrogen) atoms. The summed E-state index contributed by atoms with van der Waals surface area (Å²) in [6.07, 6.45) is -3.64. The van der Waals surface area contributed by atoms with Gasteiger partial charge in [-0.15, -0.1) is 21.2 Å². The first-order valence-corrected chi connectivity index (χ1v) is 4.55. The highest BCUT2D eigenvalue weighted by Crippen LogP contribution is 2.44. The van der Waals surface area contributed by atoms with Crippen molar-refractivity contribution in [3.05, 3.63) is 23.8 Å². The van der Waals surface area contributed by atoms with Crippen molar-refractivity contribution in [2.45, 2.75) is 18.8 Å². The molecule has 0 amide bonds. The molecule has 0 bridgehead atoms. The van der Waals surface area contributed by atoms with Crippen LogP contribution in [0.15, 0.2) is 18.2 Å². The first kappa shape index (κ1) is 13.5. The summed E-state index contributed by atoms with van der Waals surface area (Å²) in [5.74, 6) is -0.147. The van der Waals surface area contributed by atoms with E-state index in [0.717, 1.165) is 0 Å². The normalized spacial score (nSPS) is 16.8. The number of fused-ring (bicyclic) bond motifs is 1. The van der Waals surface area contributed by atoms with E-state index in [9.17, 15) is 8.78 Å². The van der Waals surface area contributed by atoms with Crippen molar-refractivity contribution in [1.82, 2.24) is 0 Å². The van der Waals surface area contributed by atoms with Crippen LogP contribution >= 0.6 is 12.4 Å². The van der Waals surface area contributed by atoms with Gasteiger partial charge in [-0.25, -0.2) is 0 Å². The second kappa shape index (κ2) is 4.73. The van der Waals surface area contributed by atoms with Gasteiger partial charge in [0.2, 0.25) is 0 Å². The van der Waals surface area contributed by atoms with Gasteiger partial charge >= 0.3 is 6.29 Å². The van der Waals surface area contributed by atoms with Gasteiger partial charge in [0.25, 0.3) is 0 Å². The van der Waals surface area contributed by atoms with Gasteiger partial charge in [-0.3, -0.25) is 0 Å². The van der Waals surface area contributed by atoms with Gasteiger partial charge in [0.1, 0.15) is 0 Å². The van der Waals surface area contributed by atoms with E-state index < -0.39 is 12.3 Å². The number of alkyl halides is 2. The molecule has 0 fully saturated rings. The number of nitrogens with two attached hydrogens (primary N) is 1. The number of hydrogen-bond donors (Lipinski definition) is 1. The smallest absolute Gasteiger partial charge is 0.395 e. The molecular weight excluding hydrogens is 254 g/mol. The molecule has 2 N–H and O–H groups in total. The summed E-state index contributed by atoms with van der Waals surface area (Å²) in [6.45, 7) is 0. The fourth-order valence-corrected chi connectivity index (χ4v) is 1.49. The zero-order valence-electron chi connectivity index (χ0n) is 8.52. The molecule has 0 aromatic heterocycles. The number of rotatable bonds is 2. The predicted molar refractivity (Wildman–Crippen MR) is 57.1 cm³/mol. The molecule has 0 saturated carbocycles. The molecular formula is C10H9ClF2N2O2. The maximum Gasteiger partial charge on any atom is 0.586 e. The molecule has 4 nitrogen and oxygen atoms in total. The molecule has 0 aliphatic carbocycles. The minimum absolute atomic E-state index is 0. The molecule has 1 aliphatic heterocycles. The Morgan fingerprint density at radius 1 is 1.41 bits per heavy atom. The zero-order valence-corrected chi connectivity index (χ0v) is 9.34. The van der Waals surface area contributed by atoms with E-state index in [4.69, 9.17) is 11.0 Å². The van der Waals surface area contributed by atoms with Crippen molar-refractivity contribution in [3.63, 3.8) is 0 Å². The molecule has 0 radical (unpaired) electrons. The fourth-order valence-electron chi connectivity index (χ4n) is 1.49. The van der Waals surface area contributed by atoms with E-state index in [-0.39, 0.29) is 30.3 Å². The number of benzene rings is 1. The van der Waals surface area contributed by atoms with Crippen LogP contribution in [0.5, 0.6) is 11.5 Å². The van der Waals surface area contributed by atoms with E-state index >= 15 is 0 Å². The average molecular weight is 263 g/mol. The van der Waals surface area contributed by atoms with Crippen molar-refractivity contribution in [1.29, 1.82) is 5.26 Å². The highest BCUT2D eigenvalue weighted by Gasteiger charge is 2.44. The lowest BCUT2D eigenvalue weighted by Gasteiger charge is -2.10. The minimum atomic E-state index is -3.66. The number of nitrogens with zero attached hydrogens (tertiary/aromatic N) is 1. The maximum atomic E-state index is 12.8. The van der Waals surface area contributed by atoms with Crippen molar-refractivity contribution in [3.8, 4) is 17.6 Å². The van der Waals surface area contributed by atoms with Crippen LogP contribution in [0.3, 0.4) is 0 Å². The van der Waals surface area contributed by atoms with Crippen LogP contribution in [-0.2, 0) is 0 Å². The summed E-state index contributed by atoms with van der Waals surface area (Å²) in [6, 6.07) is 5.62. The summed E-state index contributed by atoms with van der Waals surface area (Å²) in [5.41, 5.74) is 6.01. The van der Waals surface area contributed by atoms with Crippen molar-refractivity contribution in [2.75, 3.05) is 0 Å². The second-order valence-corrected chi connectivity index (χ2v) is 3.31. The number of ether oxygens (including phenoxy) is 2. The molecule has 1 aliphatic rings. The van der Waals surface area contributed by atoms with Crippen molar-refractivity contribution >= 4 is 12.4 Å². The number of para-hydroxylation sites is 1. The third-order valence-corrected chi connectivity index (χ3v) is 2.17. The summed E-state index contributed by atoms with van der Waals surface area (Å²) in [7, 11) is 0. The molecule has 1 aromatic rings. The summed E-state index contributed by atoms with van der Waals surface area (Å²) in [4.78, 5) is 0. The van der Waals surface area contributed by atoms with Crippen LogP contribution in [0.4, 0.5) is 8.78 Å². The Hall–Kier alpha value is -1.58. The lowest BCUT2D eigenvalue weighted by atomic mass is 10.0. The Morgan fingerprint density at radius 2 is 2.12 bits per heavy atom. The summed E-state index contributed by atoms with van der Waals surface area (Å²) >= 11 is 0. The van der Waals surface area contributed by atoms with E-state index in [0.29, 0.717) is 5.56 Å². The van der Waals surface area contributed by atoms with Crippen molar-refractivity contribution < 1.29 is 18.3 Å². The van der Waals surface area contributed by atoms with Gasteiger partial charge in [0, 0.05) is 11.6 Å². The SMILES string of the molecule is Cl.N#CC[C@@H](N)c1cccc2c1OC(F)(F)O2. The van der Waals surface area contributed by atoms with Crippen LogP contribution in [0.1, 0.15) is 18.0 Å². The lowest BCUT2D eigenvalue weighted by molar-refractivity contribution is -0.287. The standard InChI is InChI=1S/C10H8F2N2O2.ClH/c11-10(12)15-8-3-1-2-6(9(8)16-10)7(14)4-5-13;/h1-3,7H,4,14H2;1H/t7-;/m1./s1. The zero-order chi connectivity index (χ0) is 11.8. The maximum absolute atomic E-state index is 12.8. The molecule has 1 atom stereocenters. The molecule has 2 rings (SSSR count). The third kappa shape index (κ3) is 2.57. The first-order valence-electron chi connectivity index (χ1n) is 4.55. The fraction of sp³-hybridized carbons (Fsp3) is 0.300. The van der Waals surface area contributed by atoms with Gasteiger partial charge in [-0.1, -0.05) is 12.1 Å². The quantitative estimate of drug-likeness (QED) is 0.888. The highest BCUT2D eigenvalue weighted by molar-refractivity contribution is 5.85. The van der Waals surface area contributed by atoms with E-state index in [1.807, 2.05) is 6.07 Å². The Morgan fingerprint density at radius 3 is 2.76 bits per heavy atom. The van der Waals surface area contributed by atoms with Crippen LogP contribution in [0, 0.1) is 11.3 Å². The van der Waals surface area contributed by atoms with Crippen LogP contribution < -0.4 is 15.2 Å². The topological polar surface area (TPSA) is 68.3 Å². The van der Waals surface area contributed by atoms with Gasteiger partial charge in [-0.05, 0) is 6.07 Å². The first-order chi connectivity index (χ1) is 7.53. The largest absolute Gasteiger partial charge is 0.586 e. The Balaban J connectivity index is 0.00000144. The minimum Gasteiger partial charge on any atom is -0.395 e. The Bertz CT molecular complexity index is 462. The number of nitriles is 1. The van der Waals surface area contributed by atoms with Gasteiger partial charge in [-0.2, -0.15) is 5.26 Å². The molecule has 7 heteroatoms. The molecule has 92 valence electrons. The monoisotopic (exact) mass is 262 g/mol. The third-order valence-electron chi connectivity index (χ3n) is 2.17. The van der Waals surface area contributed by atoms with E-state index in [1.54, 1.807) is 0 Å². The second-order valence-electron chi connectivity index (χ2n) is 3.31. The number of halogens is 3. The molecule has 0 unspecified atom stereocenters. The average Bonchev–Trinajstić information content (AvgIpc) is 2.51. The van der Waals surface area contributed by atoms with E-state index in [1.165, 1.54) is 18.2 Å². The predicted octanol–water partition coefficient (Wildman–Crippen LogP) is 2.34. The van der Waals surface area contributed by atoms with Crippen LogP contribution in [-0.4, -0.2) is 6.29 Å². The summed E-state index contributed by atoms with van der Waals surface area (Å²) in [5, 5.41) is 8.50. The van der Waals surface area contributed by atoms with Gasteiger partial charge < -0.3 is 15.2 Å². The Labute approximate surface area is 102 Å². The Kier molecular flexibility index (Phi) is 3.76. The molecule has 0 saturated heterocycles. The molecule has 0 spiro atoms. The summed E-state index contributed by atoms with van der Waals surface area (Å²) < 4.78 is 34.2. The van der Waals surface area contributed by atoms with Gasteiger partial charge in [0.15, 0.2) is 11.5 Å². The van der Waals surface area contributed by atoms with Gasteiger partial charge in [0.05, 0.1) is 12.5 Å². The van der Waals surface area contributed by atoms with E-state index in [2.05, 4.69) is 9.47 Å². The van der Waals surface area contributed by atoms with Crippen molar-refractivity contribution in [2.24, 2.45) is 5.73 Å². The highest BCUT2D eigenvalue weighted by atomic mass is 35.5. The lowest BCUT2D eigenvalue weighted by Crippen LogP contribution is -2.26. The molecule has 1 aromatic carbocycles. The van der Waals surface area contributed by atoms with Crippen LogP contribution in [0.25, 0.3) is 0 Å².